The van der Waals surface area contributed by atoms with Crippen LogP contribution >= 0.6 is 11.3 Å². The zero-order chi connectivity index (χ0) is 14.1. The first kappa shape index (κ1) is 12.7. The highest BCUT2D eigenvalue weighted by atomic mass is 32.1. The van der Waals surface area contributed by atoms with E-state index in [1.54, 1.807) is 0 Å². The van der Waals surface area contributed by atoms with Crippen molar-refractivity contribution in [1.82, 2.24) is 20.2 Å². The van der Waals surface area contributed by atoms with E-state index < -0.39 is 0 Å². The second kappa shape index (κ2) is 5.01. The predicted octanol–water partition coefficient (Wildman–Crippen LogP) is 2.54. The third-order valence-electron chi connectivity index (χ3n) is 2.83. The number of rotatable bonds is 3. The molecule has 0 atom stereocenters. The second-order valence-electron chi connectivity index (χ2n) is 4.40. The number of anilines is 1. The summed E-state index contributed by atoms with van der Waals surface area (Å²) in [6, 6.07) is 5.99. The van der Waals surface area contributed by atoms with Gasteiger partial charge in [0.1, 0.15) is 5.82 Å². The number of carbonyl (C=O) groups is 1. The summed E-state index contributed by atoms with van der Waals surface area (Å²) in [7, 11) is 0. The number of H-pyrrole nitrogens is 1. The number of carbonyl (C=O) groups excluding carboxylic acids is 1. The van der Waals surface area contributed by atoms with Crippen molar-refractivity contribution in [2.45, 2.75) is 20.3 Å². The monoisotopic (exact) mass is 287 g/mol. The summed E-state index contributed by atoms with van der Waals surface area (Å²) in [5.41, 5.74) is 2.04. The van der Waals surface area contributed by atoms with Crippen LogP contribution in [0.4, 0.5) is 5.13 Å². The third-order valence-corrected chi connectivity index (χ3v) is 3.77. The van der Waals surface area contributed by atoms with Crippen molar-refractivity contribution in [2.24, 2.45) is 0 Å². The molecule has 0 saturated carbocycles. The van der Waals surface area contributed by atoms with Gasteiger partial charge >= 0.3 is 0 Å². The number of nitrogens with zero attached hydrogens (tertiary/aromatic N) is 3. The summed E-state index contributed by atoms with van der Waals surface area (Å²) < 4.78 is 1.05. The maximum Gasteiger partial charge on any atom is 0.297 e. The number of aromatic nitrogens is 4. The molecule has 1 amide bonds. The fraction of sp³-hybridized carbons (Fsp3) is 0.231. The molecular weight excluding hydrogens is 274 g/mol. The molecule has 0 unspecified atom stereocenters. The first-order valence-corrected chi connectivity index (χ1v) is 7.07. The van der Waals surface area contributed by atoms with Crippen LogP contribution in [-0.4, -0.2) is 26.1 Å². The minimum Gasteiger partial charge on any atom is -0.295 e. The van der Waals surface area contributed by atoms with Crippen LogP contribution in [0.2, 0.25) is 0 Å². The average Bonchev–Trinajstić information content (AvgIpc) is 3.03. The first-order chi connectivity index (χ1) is 9.65. The highest BCUT2D eigenvalue weighted by Gasteiger charge is 2.14. The van der Waals surface area contributed by atoms with Gasteiger partial charge in [-0.3, -0.25) is 15.2 Å². The van der Waals surface area contributed by atoms with Crippen molar-refractivity contribution >= 4 is 32.6 Å². The molecular formula is C13H13N5OS. The number of nitrogens with one attached hydrogen (secondary N) is 2. The van der Waals surface area contributed by atoms with E-state index >= 15 is 0 Å². The van der Waals surface area contributed by atoms with Crippen molar-refractivity contribution in [3.05, 3.63) is 35.4 Å². The molecule has 3 rings (SSSR count). The van der Waals surface area contributed by atoms with Gasteiger partial charge in [-0.2, -0.15) is 0 Å². The normalized spacial score (nSPS) is 10.9. The largest absolute Gasteiger partial charge is 0.297 e. The SMILES string of the molecule is CCc1nc(C(=O)Nc2nc3ccc(C)cc3s2)n[nH]1. The summed E-state index contributed by atoms with van der Waals surface area (Å²) in [6.07, 6.45) is 0.709. The number of fused-ring (bicyclic) bond motifs is 1. The van der Waals surface area contributed by atoms with E-state index in [1.807, 2.05) is 32.0 Å². The Labute approximate surface area is 119 Å². The van der Waals surface area contributed by atoms with Crippen LogP contribution in [0.15, 0.2) is 18.2 Å². The minimum absolute atomic E-state index is 0.136. The van der Waals surface area contributed by atoms with E-state index in [9.17, 15) is 4.79 Å². The molecule has 0 aliphatic carbocycles. The van der Waals surface area contributed by atoms with Crippen LogP contribution in [-0.2, 0) is 6.42 Å². The van der Waals surface area contributed by atoms with Gasteiger partial charge in [0.15, 0.2) is 5.13 Å². The number of benzene rings is 1. The Morgan fingerprint density at radius 2 is 2.25 bits per heavy atom. The molecule has 2 heterocycles. The van der Waals surface area contributed by atoms with Gasteiger partial charge in [-0.15, -0.1) is 5.10 Å². The summed E-state index contributed by atoms with van der Waals surface area (Å²) in [5.74, 6) is 0.476. The van der Waals surface area contributed by atoms with Gasteiger partial charge in [0.2, 0.25) is 5.82 Å². The molecule has 0 spiro atoms. The lowest BCUT2D eigenvalue weighted by Crippen LogP contribution is -2.13. The molecule has 0 aliphatic rings. The molecule has 2 N–H and O–H groups in total. The maximum absolute atomic E-state index is 12.0. The molecule has 0 saturated heterocycles. The lowest BCUT2D eigenvalue weighted by Gasteiger charge is -1.95. The smallest absolute Gasteiger partial charge is 0.295 e. The van der Waals surface area contributed by atoms with Gasteiger partial charge in [-0.05, 0) is 24.6 Å². The van der Waals surface area contributed by atoms with Crippen LogP contribution in [0.25, 0.3) is 10.2 Å². The quantitative estimate of drug-likeness (QED) is 0.775. The van der Waals surface area contributed by atoms with E-state index in [4.69, 9.17) is 0 Å². The van der Waals surface area contributed by atoms with Crippen molar-refractivity contribution in [3.63, 3.8) is 0 Å². The molecule has 1 aromatic carbocycles. The molecule has 102 valence electrons. The fourth-order valence-corrected chi connectivity index (χ4v) is 2.75. The Balaban J connectivity index is 1.83. The Bertz CT molecular complexity index is 776. The highest BCUT2D eigenvalue weighted by molar-refractivity contribution is 7.22. The predicted molar refractivity (Wildman–Crippen MR) is 78.1 cm³/mol. The summed E-state index contributed by atoms with van der Waals surface area (Å²) in [5, 5.41) is 9.88. The number of hydrogen-bond donors (Lipinski definition) is 2. The maximum atomic E-state index is 12.0. The number of hydrogen-bond acceptors (Lipinski definition) is 5. The van der Waals surface area contributed by atoms with E-state index in [0.29, 0.717) is 17.4 Å². The van der Waals surface area contributed by atoms with Gasteiger partial charge < -0.3 is 0 Å². The van der Waals surface area contributed by atoms with Crippen LogP contribution in [0.3, 0.4) is 0 Å². The van der Waals surface area contributed by atoms with Crippen molar-refractivity contribution in [2.75, 3.05) is 5.32 Å². The molecule has 2 aromatic heterocycles. The second-order valence-corrected chi connectivity index (χ2v) is 5.43. The summed E-state index contributed by atoms with van der Waals surface area (Å²) >= 11 is 1.44. The van der Waals surface area contributed by atoms with E-state index in [-0.39, 0.29) is 11.7 Å². The molecule has 20 heavy (non-hydrogen) atoms. The number of aromatic amines is 1. The van der Waals surface area contributed by atoms with Crippen LogP contribution < -0.4 is 5.32 Å². The Morgan fingerprint density at radius 3 is 3.00 bits per heavy atom. The molecule has 0 aliphatic heterocycles. The Kier molecular flexibility index (Phi) is 3.19. The van der Waals surface area contributed by atoms with Crippen LogP contribution in [0, 0.1) is 6.92 Å². The molecule has 0 bridgehead atoms. The van der Waals surface area contributed by atoms with Gasteiger partial charge in [0.05, 0.1) is 10.2 Å². The van der Waals surface area contributed by atoms with Crippen LogP contribution in [0.5, 0.6) is 0 Å². The van der Waals surface area contributed by atoms with Gasteiger partial charge in [0.25, 0.3) is 5.91 Å². The number of thiazole rings is 1. The standard InChI is InChI=1S/C13H13N5OS/c1-3-10-15-11(18-17-10)12(19)16-13-14-8-5-4-7(2)6-9(8)20-13/h4-6H,3H2,1-2H3,(H,14,16,19)(H,15,17,18). The molecule has 0 radical (unpaired) electrons. The number of aryl methyl sites for hydroxylation is 2. The molecule has 7 heteroatoms. The zero-order valence-corrected chi connectivity index (χ0v) is 11.9. The zero-order valence-electron chi connectivity index (χ0n) is 11.1. The molecule has 6 nitrogen and oxygen atoms in total. The van der Waals surface area contributed by atoms with Crippen molar-refractivity contribution in [1.29, 1.82) is 0 Å². The van der Waals surface area contributed by atoms with E-state index in [2.05, 4.69) is 25.5 Å². The minimum atomic E-state index is -0.350. The van der Waals surface area contributed by atoms with E-state index in [0.717, 1.165) is 10.2 Å². The average molecular weight is 287 g/mol. The molecule has 3 aromatic rings. The van der Waals surface area contributed by atoms with Gasteiger partial charge in [0, 0.05) is 6.42 Å². The van der Waals surface area contributed by atoms with Crippen molar-refractivity contribution in [3.8, 4) is 0 Å². The topological polar surface area (TPSA) is 83.6 Å². The third kappa shape index (κ3) is 2.39. The van der Waals surface area contributed by atoms with Crippen molar-refractivity contribution < 1.29 is 4.79 Å². The van der Waals surface area contributed by atoms with E-state index in [1.165, 1.54) is 16.9 Å². The lowest BCUT2D eigenvalue weighted by molar-refractivity contribution is 0.101. The Hall–Kier alpha value is -2.28. The molecule has 0 fully saturated rings. The fourth-order valence-electron chi connectivity index (χ4n) is 1.79. The summed E-state index contributed by atoms with van der Waals surface area (Å²) in [6.45, 7) is 3.97. The van der Waals surface area contributed by atoms with Gasteiger partial charge in [-0.25, -0.2) is 9.97 Å². The first-order valence-electron chi connectivity index (χ1n) is 6.25. The number of amides is 1. The Morgan fingerprint density at radius 1 is 1.40 bits per heavy atom. The van der Waals surface area contributed by atoms with Gasteiger partial charge in [-0.1, -0.05) is 24.3 Å². The highest BCUT2D eigenvalue weighted by Crippen LogP contribution is 2.26. The summed E-state index contributed by atoms with van der Waals surface area (Å²) in [4.78, 5) is 20.5. The van der Waals surface area contributed by atoms with Crippen LogP contribution in [0.1, 0.15) is 28.9 Å². The lowest BCUT2D eigenvalue weighted by atomic mass is 10.2.